The molecule has 33 heavy (non-hydrogen) atoms. The molecule has 2 aromatic rings. The number of benzene rings is 2. The van der Waals surface area contributed by atoms with Crippen LogP contribution in [0.2, 0.25) is 0 Å². The van der Waals surface area contributed by atoms with E-state index in [4.69, 9.17) is 9.47 Å². The molecule has 1 spiro atoms. The number of phenols is 1. The van der Waals surface area contributed by atoms with E-state index in [-0.39, 0.29) is 24.2 Å². The largest absolute Gasteiger partial charge is 0.508 e. The summed E-state index contributed by atoms with van der Waals surface area (Å²) >= 11 is 0. The van der Waals surface area contributed by atoms with Crippen molar-refractivity contribution in [3.8, 4) is 11.5 Å². The van der Waals surface area contributed by atoms with Gasteiger partial charge in [-0.3, -0.25) is 14.6 Å². The van der Waals surface area contributed by atoms with Crippen LogP contribution in [0.25, 0.3) is 0 Å². The molecule has 176 valence electrons. The number of urea groups is 1. The molecule has 2 fully saturated rings. The molecule has 2 aliphatic heterocycles. The van der Waals surface area contributed by atoms with E-state index in [2.05, 4.69) is 4.90 Å². The number of methoxy groups -OCH3 is 2. The lowest BCUT2D eigenvalue weighted by Gasteiger charge is -2.42. The lowest BCUT2D eigenvalue weighted by atomic mass is 9.85. The maximum absolute atomic E-state index is 13.5. The number of piperidine rings is 1. The predicted octanol–water partition coefficient (Wildman–Crippen LogP) is 2.85. The summed E-state index contributed by atoms with van der Waals surface area (Å²) in [4.78, 5) is 32.1. The summed E-state index contributed by atoms with van der Waals surface area (Å²) in [6.07, 6.45) is 1.08. The van der Waals surface area contributed by atoms with Crippen LogP contribution in [0.15, 0.2) is 48.5 Å². The number of rotatable bonds is 8. The summed E-state index contributed by atoms with van der Waals surface area (Å²) in [7, 11) is 3.16. The second-order valence-electron chi connectivity index (χ2n) is 8.61. The van der Waals surface area contributed by atoms with Crippen molar-refractivity contribution in [2.75, 3.05) is 40.5 Å². The average molecular weight is 454 g/mol. The molecule has 2 saturated heterocycles. The van der Waals surface area contributed by atoms with Gasteiger partial charge in [0, 0.05) is 38.9 Å². The Kier molecular flexibility index (Phi) is 6.85. The summed E-state index contributed by atoms with van der Waals surface area (Å²) in [5.74, 6) is 0.777. The summed E-state index contributed by atoms with van der Waals surface area (Å²) in [5, 5.41) is 10.3. The zero-order valence-electron chi connectivity index (χ0n) is 19.2. The molecule has 0 aliphatic carbocycles. The highest BCUT2D eigenvalue weighted by Crippen LogP contribution is 2.39. The zero-order valence-corrected chi connectivity index (χ0v) is 19.2. The fraction of sp³-hybridized carbons (Fsp3) is 0.440. The molecule has 0 aromatic heterocycles. The third-order valence-corrected chi connectivity index (χ3v) is 6.69. The van der Waals surface area contributed by atoms with Crippen LogP contribution >= 0.6 is 0 Å². The number of hydrogen-bond donors (Lipinski definition) is 1. The van der Waals surface area contributed by atoms with Crippen LogP contribution in [0.3, 0.4) is 0 Å². The van der Waals surface area contributed by atoms with Gasteiger partial charge in [0.15, 0.2) is 0 Å². The predicted molar refractivity (Wildman–Crippen MR) is 123 cm³/mol. The number of hydrogen-bond acceptors (Lipinski definition) is 6. The molecule has 0 saturated carbocycles. The number of phenolic OH excluding ortho intramolecular Hbond substituents is 1. The molecule has 0 radical (unpaired) electrons. The fourth-order valence-electron chi connectivity index (χ4n) is 4.77. The minimum absolute atomic E-state index is 0.135. The first-order valence-electron chi connectivity index (χ1n) is 11.2. The molecule has 8 heteroatoms. The van der Waals surface area contributed by atoms with Crippen molar-refractivity contribution in [1.82, 2.24) is 14.7 Å². The highest BCUT2D eigenvalue weighted by Gasteiger charge is 2.57. The van der Waals surface area contributed by atoms with E-state index in [1.807, 2.05) is 36.4 Å². The monoisotopic (exact) mass is 453 g/mol. The van der Waals surface area contributed by atoms with E-state index in [1.54, 1.807) is 31.3 Å². The van der Waals surface area contributed by atoms with E-state index in [1.165, 1.54) is 4.90 Å². The number of imide groups is 1. The molecule has 1 N–H and O–H groups in total. The number of aromatic hydroxyl groups is 1. The van der Waals surface area contributed by atoms with Gasteiger partial charge >= 0.3 is 6.03 Å². The summed E-state index contributed by atoms with van der Waals surface area (Å²) in [6, 6.07) is 14.7. The van der Waals surface area contributed by atoms with Gasteiger partial charge in [-0.1, -0.05) is 30.3 Å². The van der Waals surface area contributed by atoms with Gasteiger partial charge < -0.3 is 19.5 Å². The van der Waals surface area contributed by atoms with Crippen LogP contribution < -0.4 is 4.74 Å². The van der Waals surface area contributed by atoms with Gasteiger partial charge in [0.2, 0.25) is 0 Å². The number of carbonyl (C=O) groups excluding carboxylic acids is 2. The quantitative estimate of drug-likeness (QED) is 0.619. The third kappa shape index (κ3) is 4.54. The number of ether oxygens (including phenoxy) is 2. The number of nitrogens with zero attached hydrogens (tertiary/aromatic N) is 3. The lowest BCUT2D eigenvalue weighted by Crippen LogP contribution is -2.56. The van der Waals surface area contributed by atoms with Crippen molar-refractivity contribution in [3.05, 3.63) is 59.7 Å². The third-order valence-electron chi connectivity index (χ3n) is 6.69. The summed E-state index contributed by atoms with van der Waals surface area (Å²) in [6.45, 7) is 2.79. The van der Waals surface area contributed by atoms with Gasteiger partial charge in [-0.2, -0.15) is 0 Å². The maximum atomic E-state index is 13.5. The Hall–Kier alpha value is -3.10. The molecule has 4 rings (SSSR count). The molecule has 3 amide bonds. The molecular formula is C25H31N3O5. The Morgan fingerprint density at radius 2 is 1.73 bits per heavy atom. The van der Waals surface area contributed by atoms with Crippen molar-refractivity contribution in [3.63, 3.8) is 0 Å². The summed E-state index contributed by atoms with van der Waals surface area (Å²) < 4.78 is 10.4. The molecule has 2 aliphatic rings. The van der Waals surface area contributed by atoms with Gasteiger partial charge in [-0.25, -0.2) is 4.79 Å². The van der Waals surface area contributed by atoms with Crippen molar-refractivity contribution in [2.24, 2.45) is 0 Å². The molecule has 8 nitrogen and oxygen atoms in total. The molecule has 0 atom stereocenters. The maximum Gasteiger partial charge on any atom is 0.328 e. The summed E-state index contributed by atoms with van der Waals surface area (Å²) in [5.41, 5.74) is 0.922. The van der Waals surface area contributed by atoms with Crippen molar-refractivity contribution in [1.29, 1.82) is 0 Å². The van der Waals surface area contributed by atoms with Gasteiger partial charge in [0.25, 0.3) is 5.91 Å². The Bertz CT molecular complexity index is 989. The van der Waals surface area contributed by atoms with Gasteiger partial charge in [-0.15, -0.1) is 0 Å². The van der Waals surface area contributed by atoms with Gasteiger partial charge in [0.1, 0.15) is 17.0 Å². The average Bonchev–Trinajstić information content (AvgIpc) is 3.02. The van der Waals surface area contributed by atoms with E-state index >= 15 is 0 Å². The van der Waals surface area contributed by atoms with E-state index in [0.717, 1.165) is 11.1 Å². The minimum atomic E-state index is -0.854. The van der Waals surface area contributed by atoms with Crippen LogP contribution in [0.4, 0.5) is 4.79 Å². The molecule has 0 bridgehead atoms. The molecule has 0 unspecified atom stereocenters. The second kappa shape index (κ2) is 9.80. The smallest absolute Gasteiger partial charge is 0.328 e. The SMILES string of the molecule is COCCN1C(=O)N(Cc2ccccc2)C2(CCN(Cc3cc(OC)ccc3O)CC2)C1=O. The van der Waals surface area contributed by atoms with E-state index in [0.29, 0.717) is 51.4 Å². The molecular weight excluding hydrogens is 422 g/mol. The van der Waals surface area contributed by atoms with Gasteiger partial charge in [0.05, 0.1) is 20.3 Å². The second-order valence-corrected chi connectivity index (χ2v) is 8.61. The van der Waals surface area contributed by atoms with E-state index < -0.39 is 5.54 Å². The Balaban J connectivity index is 1.53. The Labute approximate surface area is 194 Å². The van der Waals surface area contributed by atoms with Crippen molar-refractivity contribution in [2.45, 2.75) is 31.5 Å². The van der Waals surface area contributed by atoms with Crippen LogP contribution in [-0.4, -0.2) is 77.7 Å². The standard InChI is InChI=1S/C25H31N3O5/c1-32-15-14-27-23(30)25(28(24(27)31)17-19-6-4-3-5-7-19)10-12-26(13-11-25)18-20-16-21(33-2)8-9-22(20)29/h3-9,16,29H,10-15,17-18H2,1-2H3. The van der Waals surface area contributed by atoms with Crippen LogP contribution in [0, 0.1) is 0 Å². The first-order chi connectivity index (χ1) is 16.0. The number of amides is 3. The topological polar surface area (TPSA) is 82.6 Å². The van der Waals surface area contributed by atoms with Crippen LogP contribution in [0.5, 0.6) is 11.5 Å². The molecule has 2 heterocycles. The van der Waals surface area contributed by atoms with Crippen LogP contribution in [0.1, 0.15) is 24.0 Å². The normalized spacial score (nSPS) is 18.4. The number of carbonyl (C=O) groups is 2. The highest BCUT2D eigenvalue weighted by molar-refractivity contribution is 6.07. The Morgan fingerprint density at radius 1 is 1.00 bits per heavy atom. The zero-order chi connectivity index (χ0) is 23.4. The van der Waals surface area contributed by atoms with Crippen molar-refractivity contribution < 1.29 is 24.2 Å². The first-order valence-corrected chi connectivity index (χ1v) is 11.2. The van der Waals surface area contributed by atoms with E-state index in [9.17, 15) is 14.7 Å². The first kappa shape index (κ1) is 23.1. The number of likely N-dealkylation sites (tertiary alicyclic amines) is 1. The fourth-order valence-corrected chi connectivity index (χ4v) is 4.77. The minimum Gasteiger partial charge on any atom is -0.508 e. The van der Waals surface area contributed by atoms with Crippen molar-refractivity contribution >= 4 is 11.9 Å². The molecule has 2 aromatic carbocycles. The Morgan fingerprint density at radius 3 is 2.39 bits per heavy atom. The van der Waals surface area contributed by atoms with Gasteiger partial charge in [-0.05, 0) is 36.6 Å². The van der Waals surface area contributed by atoms with Crippen LogP contribution in [-0.2, 0) is 22.6 Å². The lowest BCUT2D eigenvalue weighted by molar-refractivity contribution is -0.136. The highest BCUT2D eigenvalue weighted by atomic mass is 16.5.